The van der Waals surface area contributed by atoms with Crippen molar-refractivity contribution in [3.8, 4) is 0 Å². The van der Waals surface area contributed by atoms with Gasteiger partial charge in [0.05, 0.1) is 12.6 Å². The van der Waals surface area contributed by atoms with Crippen LogP contribution in [0.3, 0.4) is 0 Å². The number of nitrogens with one attached hydrogen (secondary N) is 1. The molecule has 0 unspecified atom stereocenters. The molecule has 0 bridgehead atoms. The van der Waals surface area contributed by atoms with Gasteiger partial charge in [-0.2, -0.15) is 0 Å². The summed E-state index contributed by atoms with van der Waals surface area (Å²) >= 11 is 4.02. The summed E-state index contributed by atoms with van der Waals surface area (Å²) in [6.07, 6.45) is -3.33. The fraction of sp³-hybridized carbons (Fsp3) is 0.875. The van der Waals surface area contributed by atoms with Crippen LogP contribution in [0.1, 0.15) is 6.92 Å². The second-order valence-corrected chi connectivity index (χ2v) is 3.96. The van der Waals surface area contributed by atoms with Gasteiger partial charge in [-0.25, -0.2) is 0 Å². The fourth-order valence-corrected chi connectivity index (χ4v) is 1.89. The van der Waals surface area contributed by atoms with E-state index in [9.17, 15) is 15.0 Å². The molecule has 0 saturated carbocycles. The van der Waals surface area contributed by atoms with E-state index in [1.54, 1.807) is 0 Å². The van der Waals surface area contributed by atoms with Crippen LogP contribution < -0.4 is 5.32 Å². The first-order valence-corrected chi connectivity index (χ1v) is 5.06. The Morgan fingerprint density at radius 2 is 2.00 bits per heavy atom. The molecule has 5 atom stereocenters. The van der Waals surface area contributed by atoms with Gasteiger partial charge in [-0.3, -0.25) is 4.79 Å². The van der Waals surface area contributed by atoms with Crippen molar-refractivity contribution >= 4 is 48.1 Å². The maximum atomic E-state index is 10.8. The number of amides is 1. The standard InChI is InChI=1S/C8H15NO5S.Na.H/c1-3(11)9-5-7(13)6(12)4(2-10)14-8(5)15;;/h4-8,10,12-13,15H,2H2,1H3,(H,9,11);;/t4-,5-,6+,7-,8+;;/m1../s1. The van der Waals surface area contributed by atoms with E-state index in [-0.39, 0.29) is 35.5 Å². The quantitative estimate of drug-likeness (QED) is 0.273. The molecule has 1 amide bonds. The molecule has 1 aliphatic heterocycles. The molecule has 1 saturated heterocycles. The van der Waals surface area contributed by atoms with Gasteiger partial charge in [-0.15, -0.1) is 12.6 Å². The number of rotatable bonds is 2. The molecular weight excluding hydrogens is 245 g/mol. The number of hydrogen-bond donors (Lipinski definition) is 5. The minimum atomic E-state index is -1.24. The summed E-state index contributed by atoms with van der Waals surface area (Å²) in [5.74, 6) is -0.351. The summed E-state index contributed by atoms with van der Waals surface area (Å²) in [6, 6.07) is -0.788. The van der Waals surface area contributed by atoms with Crippen molar-refractivity contribution in [3.63, 3.8) is 0 Å². The van der Waals surface area contributed by atoms with Gasteiger partial charge in [0.25, 0.3) is 0 Å². The van der Waals surface area contributed by atoms with Crippen LogP contribution >= 0.6 is 12.6 Å². The Hall–Kier alpha value is 0.660. The van der Waals surface area contributed by atoms with Gasteiger partial charge in [0, 0.05) is 6.92 Å². The molecule has 1 aliphatic rings. The summed E-state index contributed by atoms with van der Waals surface area (Å²) < 4.78 is 5.12. The Balaban J connectivity index is 0.00000225. The number of aliphatic hydroxyl groups excluding tert-OH is 3. The number of ether oxygens (including phenoxy) is 1. The van der Waals surface area contributed by atoms with Crippen molar-refractivity contribution in [1.82, 2.24) is 5.32 Å². The Morgan fingerprint density at radius 3 is 2.44 bits per heavy atom. The van der Waals surface area contributed by atoms with Gasteiger partial charge in [-0.1, -0.05) is 0 Å². The van der Waals surface area contributed by atoms with Gasteiger partial charge < -0.3 is 25.4 Å². The molecule has 16 heavy (non-hydrogen) atoms. The van der Waals surface area contributed by atoms with Crippen molar-refractivity contribution in [2.24, 2.45) is 0 Å². The number of aliphatic hydroxyl groups is 3. The average Bonchev–Trinajstić information content (AvgIpc) is 2.18. The number of carbonyl (C=O) groups excluding carboxylic acids is 1. The van der Waals surface area contributed by atoms with E-state index in [0.29, 0.717) is 0 Å². The van der Waals surface area contributed by atoms with Crippen molar-refractivity contribution in [3.05, 3.63) is 0 Å². The molecule has 90 valence electrons. The molecule has 1 heterocycles. The third kappa shape index (κ3) is 3.85. The molecule has 1 fully saturated rings. The molecule has 8 heteroatoms. The zero-order valence-electron chi connectivity index (χ0n) is 8.20. The summed E-state index contributed by atoms with van der Waals surface area (Å²) in [5.41, 5.74) is -0.760. The monoisotopic (exact) mass is 261 g/mol. The zero-order valence-corrected chi connectivity index (χ0v) is 9.09. The number of thiol groups is 1. The van der Waals surface area contributed by atoms with Gasteiger partial charge >= 0.3 is 29.6 Å². The van der Waals surface area contributed by atoms with E-state index in [4.69, 9.17) is 9.84 Å². The average molecular weight is 261 g/mol. The first-order valence-electron chi connectivity index (χ1n) is 4.55. The molecule has 4 N–H and O–H groups in total. The predicted octanol–water partition coefficient (Wildman–Crippen LogP) is -2.79. The molecule has 0 aromatic carbocycles. The third-order valence-corrected chi connectivity index (χ3v) is 2.71. The van der Waals surface area contributed by atoms with E-state index < -0.39 is 36.4 Å². The summed E-state index contributed by atoms with van der Waals surface area (Å²) in [6.45, 7) is 0.875. The van der Waals surface area contributed by atoms with Crippen molar-refractivity contribution in [2.45, 2.75) is 36.7 Å². The summed E-state index contributed by atoms with van der Waals surface area (Å²) in [4.78, 5) is 10.8. The Labute approximate surface area is 121 Å². The van der Waals surface area contributed by atoms with Gasteiger partial charge in [0.15, 0.2) is 0 Å². The van der Waals surface area contributed by atoms with Crippen LogP contribution in [0.5, 0.6) is 0 Å². The maximum absolute atomic E-state index is 10.8. The van der Waals surface area contributed by atoms with Crippen LogP contribution in [0.4, 0.5) is 0 Å². The molecule has 1 rings (SSSR count). The van der Waals surface area contributed by atoms with Gasteiger partial charge in [-0.05, 0) is 0 Å². The van der Waals surface area contributed by atoms with Crippen LogP contribution in [0.2, 0.25) is 0 Å². The van der Waals surface area contributed by atoms with E-state index in [1.807, 2.05) is 0 Å². The van der Waals surface area contributed by atoms with E-state index in [1.165, 1.54) is 6.92 Å². The SMILES string of the molecule is CC(=O)N[C@@H]1[C@@H](O)[C@@H](O)[C@@H](CO)O[C@H]1S.[NaH]. The summed E-state index contributed by atoms with van der Waals surface area (Å²) in [7, 11) is 0. The Bertz CT molecular complexity index is 244. The van der Waals surface area contributed by atoms with Crippen LogP contribution in [-0.2, 0) is 9.53 Å². The van der Waals surface area contributed by atoms with E-state index >= 15 is 0 Å². The Kier molecular flexibility index (Phi) is 7.47. The normalized spacial score (nSPS) is 38.7. The second kappa shape index (κ2) is 7.17. The fourth-order valence-electron chi connectivity index (χ4n) is 1.49. The van der Waals surface area contributed by atoms with Crippen LogP contribution in [0.15, 0.2) is 0 Å². The second-order valence-electron chi connectivity index (χ2n) is 3.46. The summed E-state index contributed by atoms with van der Waals surface area (Å²) in [5, 5.41) is 30.4. The third-order valence-electron chi connectivity index (χ3n) is 2.27. The topological polar surface area (TPSA) is 99.0 Å². The molecule has 0 spiro atoms. The van der Waals surface area contributed by atoms with E-state index in [2.05, 4.69) is 17.9 Å². The number of hydrogen-bond acceptors (Lipinski definition) is 6. The molecule has 0 aliphatic carbocycles. The molecule has 0 aromatic rings. The first kappa shape index (κ1) is 16.7. The first-order chi connectivity index (χ1) is 6.97. The van der Waals surface area contributed by atoms with Crippen LogP contribution in [-0.4, -0.2) is 87.2 Å². The molecule has 6 nitrogen and oxygen atoms in total. The van der Waals surface area contributed by atoms with Crippen LogP contribution in [0, 0.1) is 0 Å². The predicted molar refractivity (Wildman–Crippen MR) is 61.5 cm³/mol. The molecule has 0 aromatic heterocycles. The molecular formula is C8H16NNaO5S. The van der Waals surface area contributed by atoms with Gasteiger partial charge in [0.2, 0.25) is 5.91 Å². The number of carbonyl (C=O) groups is 1. The van der Waals surface area contributed by atoms with Crippen molar-refractivity contribution < 1.29 is 24.9 Å². The van der Waals surface area contributed by atoms with Crippen LogP contribution in [0.25, 0.3) is 0 Å². The van der Waals surface area contributed by atoms with E-state index in [0.717, 1.165) is 0 Å². The minimum absolute atomic E-state index is 0. The van der Waals surface area contributed by atoms with Crippen molar-refractivity contribution in [2.75, 3.05) is 6.61 Å². The van der Waals surface area contributed by atoms with Crippen molar-refractivity contribution in [1.29, 1.82) is 0 Å². The molecule has 0 radical (unpaired) electrons. The van der Waals surface area contributed by atoms with Gasteiger partial charge in [0.1, 0.15) is 23.7 Å². The zero-order chi connectivity index (χ0) is 11.6. The Morgan fingerprint density at radius 1 is 1.44 bits per heavy atom.